The molecule has 0 aliphatic carbocycles. The van der Waals surface area contributed by atoms with E-state index in [-0.39, 0.29) is 6.54 Å². The first-order chi connectivity index (χ1) is 14.0. The van der Waals surface area contributed by atoms with Gasteiger partial charge in [0.2, 0.25) is 5.91 Å². The average Bonchev–Trinajstić information content (AvgIpc) is 2.73. The summed E-state index contributed by atoms with van der Waals surface area (Å²) in [6.07, 6.45) is 2.86. The number of benzene rings is 2. The molecular formula is C21H21N3O5. The Bertz CT molecular complexity index is 1120. The number of amides is 1. The van der Waals surface area contributed by atoms with Crippen LogP contribution in [0, 0.1) is 0 Å². The molecule has 0 atom stereocenters. The van der Waals surface area contributed by atoms with Gasteiger partial charge in [0.25, 0.3) is 0 Å². The van der Waals surface area contributed by atoms with Gasteiger partial charge in [0, 0.05) is 18.1 Å². The fourth-order valence-corrected chi connectivity index (χ4v) is 2.80. The Morgan fingerprint density at radius 2 is 1.72 bits per heavy atom. The summed E-state index contributed by atoms with van der Waals surface area (Å²) in [6, 6.07) is 13.7. The molecule has 150 valence electrons. The van der Waals surface area contributed by atoms with E-state index in [1.807, 2.05) is 6.92 Å². The van der Waals surface area contributed by atoms with Crippen molar-refractivity contribution in [2.75, 3.05) is 19.0 Å². The molecule has 0 aliphatic rings. The first kappa shape index (κ1) is 19.9. The molecule has 29 heavy (non-hydrogen) atoms. The van der Waals surface area contributed by atoms with Crippen molar-refractivity contribution >= 4 is 11.6 Å². The molecule has 1 aromatic heterocycles. The van der Waals surface area contributed by atoms with Crippen LogP contribution in [0.15, 0.2) is 70.5 Å². The van der Waals surface area contributed by atoms with Gasteiger partial charge in [0.15, 0.2) is 0 Å². The molecule has 0 spiro atoms. The number of hydrogen-bond donors (Lipinski definition) is 1. The number of ether oxygens (including phenoxy) is 2. The number of carbonyl (C=O) groups is 1. The molecule has 0 fully saturated rings. The molecule has 0 saturated carbocycles. The first-order valence-corrected chi connectivity index (χ1v) is 9.01. The maximum absolute atomic E-state index is 12.5. The maximum Gasteiger partial charge on any atom is 0.320 e. The van der Waals surface area contributed by atoms with Crippen molar-refractivity contribution in [2.24, 2.45) is 0 Å². The Kier molecular flexibility index (Phi) is 6.13. The number of rotatable bonds is 7. The van der Waals surface area contributed by atoms with Crippen LogP contribution in [0.1, 0.15) is 6.92 Å². The molecule has 0 radical (unpaired) electrons. The lowest BCUT2D eigenvalue weighted by molar-refractivity contribution is -0.116. The molecule has 1 heterocycles. The number of anilines is 1. The third-order valence-corrected chi connectivity index (χ3v) is 4.18. The van der Waals surface area contributed by atoms with Gasteiger partial charge in [0.1, 0.15) is 18.0 Å². The molecule has 0 aliphatic heterocycles. The van der Waals surface area contributed by atoms with Gasteiger partial charge in [-0.05, 0) is 43.3 Å². The summed E-state index contributed by atoms with van der Waals surface area (Å²) in [7, 11) is 1.50. The van der Waals surface area contributed by atoms with Crippen molar-refractivity contribution < 1.29 is 14.3 Å². The van der Waals surface area contributed by atoms with Crippen molar-refractivity contribution in [3.05, 3.63) is 81.6 Å². The van der Waals surface area contributed by atoms with Gasteiger partial charge >= 0.3 is 11.1 Å². The molecule has 0 saturated heterocycles. The van der Waals surface area contributed by atoms with E-state index in [0.717, 1.165) is 4.57 Å². The molecule has 3 rings (SSSR count). The fraction of sp³-hybridized carbons (Fsp3) is 0.190. The molecule has 2 aromatic carbocycles. The van der Waals surface area contributed by atoms with Crippen LogP contribution in [-0.2, 0) is 11.3 Å². The molecule has 3 aromatic rings. The van der Waals surface area contributed by atoms with Crippen LogP contribution in [-0.4, -0.2) is 28.8 Å². The second-order valence-corrected chi connectivity index (χ2v) is 6.08. The van der Waals surface area contributed by atoms with E-state index in [1.54, 1.807) is 48.5 Å². The third-order valence-electron chi connectivity index (χ3n) is 4.18. The largest absolute Gasteiger partial charge is 0.495 e. The van der Waals surface area contributed by atoms with E-state index < -0.39 is 17.0 Å². The second kappa shape index (κ2) is 8.92. The van der Waals surface area contributed by atoms with Gasteiger partial charge in [-0.15, -0.1) is 0 Å². The quantitative estimate of drug-likeness (QED) is 0.618. The van der Waals surface area contributed by atoms with E-state index in [1.165, 1.54) is 24.1 Å². The molecule has 0 bridgehead atoms. The second-order valence-electron chi connectivity index (χ2n) is 6.08. The number of aromatic nitrogens is 2. The fourth-order valence-electron chi connectivity index (χ4n) is 2.80. The lowest BCUT2D eigenvalue weighted by atomic mass is 10.3. The van der Waals surface area contributed by atoms with Crippen LogP contribution >= 0.6 is 0 Å². The van der Waals surface area contributed by atoms with Crippen molar-refractivity contribution in [1.82, 2.24) is 9.13 Å². The molecule has 0 unspecified atom stereocenters. The molecule has 1 N–H and O–H groups in total. The van der Waals surface area contributed by atoms with Crippen LogP contribution in [0.3, 0.4) is 0 Å². The van der Waals surface area contributed by atoms with Gasteiger partial charge in [-0.1, -0.05) is 12.1 Å². The summed E-state index contributed by atoms with van der Waals surface area (Å²) in [4.78, 5) is 37.2. The highest BCUT2D eigenvalue weighted by Gasteiger charge is 2.12. The van der Waals surface area contributed by atoms with Gasteiger partial charge in [-0.3, -0.25) is 23.5 Å². The zero-order chi connectivity index (χ0) is 20.8. The summed E-state index contributed by atoms with van der Waals surface area (Å²) in [5.41, 5.74) is -0.532. The van der Waals surface area contributed by atoms with Crippen LogP contribution < -0.4 is 25.9 Å². The smallest absolute Gasteiger partial charge is 0.320 e. The van der Waals surface area contributed by atoms with E-state index in [2.05, 4.69) is 5.32 Å². The summed E-state index contributed by atoms with van der Waals surface area (Å²) in [5, 5.41) is 2.67. The number of nitrogens with one attached hydrogen (secondary N) is 1. The average molecular weight is 395 g/mol. The standard InChI is InChI=1S/C21H21N3O5/c1-3-29-16-10-8-15(9-11-16)24-13-12-23(20(26)21(24)27)14-19(25)22-17-6-4-5-7-18(17)28-2/h4-13H,3,14H2,1-2H3,(H,22,25). The number of methoxy groups -OCH3 is 1. The van der Waals surface area contributed by atoms with Gasteiger partial charge in [-0.25, -0.2) is 0 Å². The van der Waals surface area contributed by atoms with Crippen molar-refractivity contribution in [2.45, 2.75) is 13.5 Å². The highest BCUT2D eigenvalue weighted by Crippen LogP contribution is 2.22. The van der Waals surface area contributed by atoms with Crippen LogP contribution in [0.25, 0.3) is 5.69 Å². The minimum atomic E-state index is -0.795. The maximum atomic E-state index is 12.5. The van der Waals surface area contributed by atoms with E-state index >= 15 is 0 Å². The van der Waals surface area contributed by atoms with E-state index in [0.29, 0.717) is 29.5 Å². The molecule has 1 amide bonds. The lowest BCUT2D eigenvalue weighted by Gasteiger charge is -2.12. The first-order valence-electron chi connectivity index (χ1n) is 9.01. The minimum absolute atomic E-state index is 0.295. The van der Waals surface area contributed by atoms with Crippen molar-refractivity contribution in [1.29, 1.82) is 0 Å². The molecule has 8 heteroatoms. The van der Waals surface area contributed by atoms with Crippen molar-refractivity contribution in [3.63, 3.8) is 0 Å². The lowest BCUT2D eigenvalue weighted by Crippen LogP contribution is -2.41. The van der Waals surface area contributed by atoms with Gasteiger partial charge in [0.05, 0.1) is 19.4 Å². The summed E-state index contributed by atoms with van der Waals surface area (Å²) in [5.74, 6) is 0.722. The summed E-state index contributed by atoms with van der Waals surface area (Å²) in [6.45, 7) is 2.12. The zero-order valence-corrected chi connectivity index (χ0v) is 16.1. The highest BCUT2D eigenvalue weighted by molar-refractivity contribution is 5.92. The highest BCUT2D eigenvalue weighted by atomic mass is 16.5. The monoisotopic (exact) mass is 395 g/mol. The van der Waals surface area contributed by atoms with Gasteiger partial charge in [-0.2, -0.15) is 0 Å². The minimum Gasteiger partial charge on any atom is -0.495 e. The number of para-hydroxylation sites is 2. The topological polar surface area (TPSA) is 91.6 Å². The zero-order valence-electron chi connectivity index (χ0n) is 16.1. The SMILES string of the molecule is CCOc1ccc(-n2ccn(CC(=O)Nc3ccccc3OC)c(=O)c2=O)cc1. The van der Waals surface area contributed by atoms with E-state index in [9.17, 15) is 14.4 Å². The molecule has 8 nitrogen and oxygen atoms in total. The Hall–Kier alpha value is -3.81. The van der Waals surface area contributed by atoms with Crippen LogP contribution in [0.2, 0.25) is 0 Å². The third kappa shape index (κ3) is 4.55. The number of hydrogen-bond acceptors (Lipinski definition) is 5. The normalized spacial score (nSPS) is 10.4. The van der Waals surface area contributed by atoms with E-state index in [4.69, 9.17) is 9.47 Å². The summed E-state index contributed by atoms with van der Waals surface area (Å²) >= 11 is 0. The van der Waals surface area contributed by atoms with Crippen molar-refractivity contribution in [3.8, 4) is 17.2 Å². The Morgan fingerprint density at radius 3 is 2.41 bits per heavy atom. The number of carbonyl (C=O) groups excluding carboxylic acids is 1. The summed E-state index contributed by atoms with van der Waals surface area (Å²) < 4.78 is 12.9. The van der Waals surface area contributed by atoms with Gasteiger partial charge < -0.3 is 14.8 Å². The Balaban J connectivity index is 1.79. The Morgan fingerprint density at radius 1 is 1.00 bits per heavy atom. The predicted molar refractivity (Wildman–Crippen MR) is 109 cm³/mol. The van der Waals surface area contributed by atoms with Crippen LogP contribution in [0.5, 0.6) is 11.5 Å². The Labute approximate surface area is 166 Å². The number of nitrogens with zero attached hydrogens (tertiary/aromatic N) is 2. The predicted octanol–water partition coefficient (Wildman–Crippen LogP) is 2.05. The van der Waals surface area contributed by atoms with Crippen LogP contribution in [0.4, 0.5) is 5.69 Å². The molecular weight excluding hydrogens is 374 g/mol.